The van der Waals surface area contributed by atoms with Gasteiger partial charge in [-0.15, -0.1) is 0 Å². The number of fused-ring (bicyclic) bond motifs is 1. The van der Waals surface area contributed by atoms with Gasteiger partial charge in [-0.25, -0.2) is 0 Å². The average molecular weight is 284 g/mol. The van der Waals surface area contributed by atoms with E-state index in [1.54, 1.807) is 6.92 Å². The van der Waals surface area contributed by atoms with Crippen molar-refractivity contribution in [1.29, 1.82) is 0 Å². The molecule has 1 unspecified atom stereocenters. The summed E-state index contributed by atoms with van der Waals surface area (Å²) in [6.45, 7) is 4.45. The summed E-state index contributed by atoms with van der Waals surface area (Å²) in [6.07, 6.45) is 2.43. The van der Waals surface area contributed by atoms with Crippen LogP contribution in [0.5, 0.6) is 0 Å². The summed E-state index contributed by atoms with van der Waals surface area (Å²) in [5, 5.41) is 5.41. The van der Waals surface area contributed by atoms with Crippen molar-refractivity contribution in [2.45, 2.75) is 38.6 Å². The van der Waals surface area contributed by atoms with E-state index in [1.807, 2.05) is 19.1 Å². The predicted octanol–water partition coefficient (Wildman–Crippen LogP) is 3.02. The van der Waals surface area contributed by atoms with Gasteiger partial charge in [0.05, 0.1) is 5.54 Å². The number of hydrogen-bond acceptors (Lipinski definition) is 2. The fourth-order valence-corrected chi connectivity index (χ4v) is 2.55. The number of benzene rings is 2. The standard InChI is InChI=1S/C18H24N2O/c1-3-11-18(2,19)17(21)20-12-10-14-8-9-15-6-4-5-7-16(15)13-14/h4-9,13H,3,10-12,19H2,1-2H3,(H,20,21). The van der Waals surface area contributed by atoms with Crippen molar-refractivity contribution < 1.29 is 4.79 Å². The van der Waals surface area contributed by atoms with Gasteiger partial charge in [-0.05, 0) is 36.1 Å². The minimum absolute atomic E-state index is 0.0647. The molecule has 3 nitrogen and oxygen atoms in total. The average Bonchev–Trinajstić information content (AvgIpc) is 2.47. The maximum atomic E-state index is 12.0. The van der Waals surface area contributed by atoms with E-state index in [0.29, 0.717) is 13.0 Å². The van der Waals surface area contributed by atoms with Crippen molar-refractivity contribution in [3.05, 3.63) is 48.0 Å². The Hall–Kier alpha value is -1.87. The van der Waals surface area contributed by atoms with Crippen molar-refractivity contribution >= 4 is 16.7 Å². The minimum Gasteiger partial charge on any atom is -0.354 e. The third-order valence-electron chi connectivity index (χ3n) is 3.80. The lowest BCUT2D eigenvalue weighted by atomic mass is 9.96. The molecule has 0 bridgehead atoms. The molecule has 1 amide bonds. The Kier molecular flexibility index (Phi) is 4.97. The third kappa shape index (κ3) is 4.05. The maximum Gasteiger partial charge on any atom is 0.239 e. The van der Waals surface area contributed by atoms with Crippen LogP contribution in [0.4, 0.5) is 0 Å². The molecule has 112 valence electrons. The Morgan fingerprint density at radius 2 is 1.90 bits per heavy atom. The molecule has 0 aliphatic heterocycles. The van der Waals surface area contributed by atoms with Crippen LogP contribution in [-0.2, 0) is 11.2 Å². The highest BCUT2D eigenvalue weighted by Crippen LogP contribution is 2.16. The minimum atomic E-state index is -0.766. The van der Waals surface area contributed by atoms with Crippen LogP contribution in [0.3, 0.4) is 0 Å². The number of amides is 1. The molecule has 3 N–H and O–H groups in total. The van der Waals surface area contributed by atoms with Gasteiger partial charge in [0.1, 0.15) is 0 Å². The molecule has 0 fully saturated rings. The summed E-state index contributed by atoms with van der Waals surface area (Å²) in [5.41, 5.74) is 6.47. The van der Waals surface area contributed by atoms with Gasteiger partial charge in [-0.2, -0.15) is 0 Å². The molecule has 3 heteroatoms. The van der Waals surface area contributed by atoms with E-state index >= 15 is 0 Å². The number of nitrogens with two attached hydrogens (primary N) is 1. The van der Waals surface area contributed by atoms with E-state index in [-0.39, 0.29) is 5.91 Å². The number of nitrogens with one attached hydrogen (secondary N) is 1. The van der Waals surface area contributed by atoms with Gasteiger partial charge in [0.2, 0.25) is 5.91 Å². The zero-order chi connectivity index (χ0) is 15.3. The number of hydrogen-bond donors (Lipinski definition) is 2. The van der Waals surface area contributed by atoms with Gasteiger partial charge < -0.3 is 11.1 Å². The fraction of sp³-hybridized carbons (Fsp3) is 0.389. The van der Waals surface area contributed by atoms with E-state index < -0.39 is 5.54 Å². The van der Waals surface area contributed by atoms with Crippen LogP contribution in [0.1, 0.15) is 32.3 Å². The second-order valence-corrected chi connectivity index (χ2v) is 5.85. The molecule has 21 heavy (non-hydrogen) atoms. The molecule has 0 saturated heterocycles. The van der Waals surface area contributed by atoms with Crippen LogP contribution in [-0.4, -0.2) is 18.0 Å². The van der Waals surface area contributed by atoms with Gasteiger partial charge in [-0.3, -0.25) is 4.79 Å². The second kappa shape index (κ2) is 6.72. The summed E-state index contributed by atoms with van der Waals surface area (Å²) in [5.74, 6) is -0.0647. The molecule has 0 aliphatic rings. The first-order valence-corrected chi connectivity index (χ1v) is 7.58. The van der Waals surface area contributed by atoms with E-state index in [9.17, 15) is 4.79 Å². The molecule has 0 radical (unpaired) electrons. The number of carbonyl (C=O) groups excluding carboxylic acids is 1. The molecule has 0 heterocycles. The fourth-order valence-electron chi connectivity index (χ4n) is 2.55. The molecule has 2 aromatic rings. The number of rotatable bonds is 6. The monoisotopic (exact) mass is 284 g/mol. The van der Waals surface area contributed by atoms with Gasteiger partial charge in [0, 0.05) is 6.54 Å². The number of carbonyl (C=O) groups is 1. The first kappa shape index (κ1) is 15.5. The maximum absolute atomic E-state index is 12.0. The topological polar surface area (TPSA) is 55.1 Å². The summed E-state index contributed by atoms with van der Waals surface area (Å²) >= 11 is 0. The summed E-state index contributed by atoms with van der Waals surface area (Å²) in [4.78, 5) is 12.0. The molecular weight excluding hydrogens is 260 g/mol. The van der Waals surface area contributed by atoms with Crippen LogP contribution in [0.2, 0.25) is 0 Å². The SMILES string of the molecule is CCCC(C)(N)C(=O)NCCc1ccc2ccccc2c1. The van der Waals surface area contributed by atoms with E-state index in [0.717, 1.165) is 12.8 Å². The largest absolute Gasteiger partial charge is 0.354 e. The molecule has 0 saturated carbocycles. The summed E-state index contributed by atoms with van der Waals surface area (Å²) in [7, 11) is 0. The van der Waals surface area contributed by atoms with E-state index in [2.05, 4.69) is 35.6 Å². The Bertz CT molecular complexity index is 619. The third-order valence-corrected chi connectivity index (χ3v) is 3.80. The first-order chi connectivity index (χ1) is 10.0. The second-order valence-electron chi connectivity index (χ2n) is 5.85. The summed E-state index contributed by atoms with van der Waals surface area (Å²) in [6, 6.07) is 14.7. The molecule has 2 rings (SSSR count). The Morgan fingerprint density at radius 1 is 1.19 bits per heavy atom. The highest BCUT2D eigenvalue weighted by molar-refractivity contribution is 5.85. The molecule has 1 atom stereocenters. The molecule has 0 spiro atoms. The molecule has 0 aliphatic carbocycles. The quantitative estimate of drug-likeness (QED) is 0.856. The van der Waals surface area contributed by atoms with Crippen LogP contribution >= 0.6 is 0 Å². The van der Waals surface area contributed by atoms with Crippen molar-refractivity contribution in [2.75, 3.05) is 6.54 Å². The highest BCUT2D eigenvalue weighted by atomic mass is 16.2. The van der Waals surface area contributed by atoms with E-state index in [1.165, 1.54) is 16.3 Å². The highest BCUT2D eigenvalue weighted by Gasteiger charge is 2.26. The van der Waals surface area contributed by atoms with Crippen LogP contribution in [0.15, 0.2) is 42.5 Å². The molecule has 2 aromatic carbocycles. The molecule has 0 aromatic heterocycles. The lowest BCUT2D eigenvalue weighted by Gasteiger charge is -2.22. The van der Waals surface area contributed by atoms with Crippen molar-refractivity contribution in [1.82, 2.24) is 5.32 Å². The Balaban J connectivity index is 1.91. The lowest BCUT2D eigenvalue weighted by Crippen LogP contribution is -2.51. The van der Waals surface area contributed by atoms with Gasteiger partial charge >= 0.3 is 0 Å². The Morgan fingerprint density at radius 3 is 2.62 bits per heavy atom. The van der Waals surface area contributed by atoms with Crippen molar-refractivity contribution in [2.24, 2.45) is 5.73 Å². The Labute approximate surface area is 126 Å². The van der Waals surface area contributed by atoms with E-state index in [4.69, 9.17) is 5.73 Å². The predicted molar refractivity (Wildman–Crippen MR) is 88.2 cm³/mol. The normalized spacial score (nSPS) is 13.9. The van der Waals surface area contributed by atoms with Crippen LogP contribution in [0.25, 0.3) is 10.8 Å². The molecular formula is C18H24N2O. The zero-order valence-electron chi connectivity index (χ0n) is 12.9. The van der Waals surface area contributed by atoms with Gasteiger partial charge in [0.15, 0.2) is 0 Å². The van der Waals surface area contributed by atoms with Crippen LogP contribution in [0, 0.1) is 0 Å². The van der Waals surface area contributed by atoms with Crippen molar-refractivity contribution in [3.63, 3.8) is 0 Å². The first-order valence-electron chi connectivity index (χ1n) is 7.58. The smallest absolute Gasteiger partial charge is 0.239 e. The van der Waals surface area contributed by atoms with Crippen molar-refractivity contribution in [3.8, 4) is 0 Å². The summed E-state index contributed by atoms with van der Waals surface area (Å²) < 4.78 is 0. The van der Waals surface area contributed by atoms with Gasteiger partial charge in [-0.1, -0.05) is 55.8 Å². The van der Waals surface area contributed by atoms with Gasteiger partial charge in [0.25, 0.3) is 0 Å². The van der Waals surface area contributed by atoms with Crippen LogP contribution < -0.4 is 11.1 Å². The lowest BCUT2D eigenvalue weighted by molar-refractivity contribution is -0.126. The zero-order valence-corrected chi connectivity index (χ0v) is 12.9.